The zero-order valence-electron chi connectivity index (χ0n) is 24.3. The minimum atomic E-state index is -5.05. The van der Waals surface area contributed by atoms with Crippen LogP contribution < -0.4 is 5.32 Å². The van der Waals surface area contributed by atoms with Gasteiger partial charge in [-0.05, 0) is 30.0 Å². The van der Waals surface area contributed by atoms with Crippen LogP contribution in [0.5, 0.6) is 0 Å². The topological polar surface area (TPSA) is 133 Å². The van der Waals surface area contributed by atoms with E-state index in [2.05, 4.69) is 20.5 Å². The molecule has 10 nitrogen and oxygen atoms in total. The quantitative estimate of drug-likeness (QED) is 0.164. The molecule has 240 valence electrons. The first-order valence-electron chi connectivity index (χ1n) is 13.5. The van der Waals surface area contributed by atoms with E-state index in [1.165, 1.54) is 23.0 Å². The van der Waals surface area contributed by atoms with Gasteiger partial charge in [0.25, 0.3) is 5.91 Å². The summed E-state index contributed by atoms with van der Waals surface area (Å²) in [7, 11) is 0. The molecule has 0 radical (unpaired) electrons. The SMILES string of the molecule is CCCC[C@@H](C(=O)C(=O)Nc1ccn[nH]1)N(C(=O)O)[C@H](Cn1cnc(-c2cc(C(F)(F)F)cc(C(F)(F)F)c2)c1)C(C)(C)C. The smallest absolute Gasteiger partial charge is 0.416 e. The molecule has 0 aliphatic carbocycles. The maximum atomic E-state index is 13.4. The third kappa shape index (κ3) is 8.38. The fourth-order valence-corrected chi connectivity index (χ4v) is 4.63. The number of imidazole rings is 1. The van der Waals surface area contributed by atoms with Crippen molar-refractivity contribution < 1.29 is 45.8 Å². The summed E-state index contributed by atoms with van der Waals surface area (Å²) in [4.78, 5) is 43.8. The number of hydrogen-bond acceptors (Lipinski definition) is 5. The highest BCUT2D eigenvalue weighted by atomic mass is 19.4. The summed E-state index contributed by atoms with van der Waals surface area (Å²) in [5, 5.41) is 18.8. The summed E-state index contributed by atoms with van der Waals surface area (Å²) >= 11 is 0. The van der Waals surface area contributed by atoms with E-state index >= 15 is 0 Å². The summed E-state index contributed by atoms with van der Waals surface area (Å²) in [6, 6.07) is 0.101. The van der Waals surface area contributed by atoms with E-state index in [0.29, 0.717) is 25.0 Å². The summed E-state index contributed by atoms with van der Waals surface area (Å²) in [5.41, 5.74) is -4.54. The maximum absolute atomic E-state index is 13.4. The van der Waals surface area contributed by atoms with E-state index in [9.17, 15) is 45.8 Å². The van der Waals surface area contributed by atoms with Gasteiger partial charge in [0.05, 0.1) is 35.4 Å². The summed E-state index contributed by atoms with van der Waals surface area (Å²) in [5.74, 6) is -1.95. The van der Waals surface area contributed by atoms with Crippen LogP contribution in [0.15, 0.2) is 43.0 Å². The highest BCUT2D eigenvalue weighted by Gasteiger charge is 2.43. The lowest BCUT2D eigenvalue weighted by Gasteiger charge is -2.42. The normalized spacial score (nSPS) is 13.8. The van der Waals surface area contributed by atoms with Crippen molar-refractivity contribution in [1.82, 2.24) is 24.6 Å². The van der Waals surface area contributed by atoms with Crippen LogP contribution in [0.4, 0.5) is 37.0 Å². The molecule has 44 heavy (non-hydrogen) atoms. The Morgan fingerprint density at radius 2 is 1.66 bits per heavy atom. The monoisotopic (exact) mass is 630 g/mol. The Bertz CT molecular complexity index is 1430. The molecule has 3 aromatic rings. The van der Waals surface area contributed by atoms with Crippen molar-refractivity contribution in [3.8, 4) is 11.3 Å². The van der Waals surface area contributed by atoms with E-state index in [4.69, 9.17) is 0 Å². The van der Waals surface area contributed by atoms with Gasteiger partial charge in [-0.1, -0.05) is 40.5 Å². The van der Waals surface area contributed by atoms with Crippen LogP contribution in [0, 0.1) is 5.41 Å². The number of aromatic amines is 1. The number of hydrogen-bond donors (Lipinski definition) is 3. The highest BCUT2D eigenvalue weighted by Crippen LogP contribution is 2.38. The summed E-state index contributed by atoms with van der Waals surface area (Å²) in [6.07, 6.45) is -6.91. The molecule has 0 unspecified atom stereocenters. The van der Waals surface area contributed by atoms with Crippen LogP contribution in [0.1, 0.15) is 58.1 Å². The Balaban J connectivity index is 2.01. The number of alkyl halides is 6. The number of anilines is 1. The first-order valence-corrected chi connectivity index (χ1v) is 13.5. The third-order valence-electron chi connectivity index (χ3n) is 6.90. The van der Waals surface area contributed by atoms with Gasteiger partial charge >= 0.3 is 18.4 Å². The Hall–Kier alpha value is -4.37. The van der Waals surface area contributed by atoms with E-state index in [0.717, 1.165) is 11.2 Å². The van der Waals surface area contributed by atoms with Crippen molar-refractivity contribution in [2.45, 2.75) is 77.9 Å². The van der Waals surface area contributed by atoms with E-state index < -0.39 is 64.3 Å². The number of carboxylic acid groups (broad SMARTS) is 1. The number of ketones is 1. The van der Waals surface area contributed by atoms with Crippen molar-refractivity contribution in [3.63, 3.8) is 0 Å². The second-order valence-electron chi connectivity index (χ2n) is 11.3. The molecular weight excluding hydrogens is 598 g/mol. The minimum Gasteiger partial charge on any atom is -0.465 e. The molecule has 0 aliphatic heterocycles. The maximum Gasteiger partial charge on any atom is 0.416 e. The lowest BCUT2D eigenvalue weighted by molar-refractivity contribution is -0.143. The highest BCUT2D eigenvalue weighted by molar-refractivity contribution is 6.42. The van der Waals surface area contributed by atoms with Gasteiger partial charge in [-0.25, -0.2) is 9.78 Å². The first-order chi connectivity index (χ1) is 20.3. The second-order valence-corrected chi connectivity index (χ2v) is 11.3. The fraction of sp³-hybridized carbons (Fsp3) is 0.464. The van der Waals surface area contributed by atoms with E-state index in [1.54, 1.807) is 20.8 Å². The van der Waals surface area contributed by atoms with Gasteiger partial charge in [0.15, 0.2) is 0 Å². The number of unbranched alkanes of at least 4 members (excludes halogenated alkanes) is 1. The van der Waals surface area contributed by atoms with E-state index in [1.807, 2.05) is 6.92 Å². The van der Waals surface area contributed by atoms with Crippen molar-refractivity contribution in [3.05, 3.63) is 54.1 Å². The van der Waals surface area contributed by atoms with Gasteiger partial charge in [-0.2, -0.15) is 31.4 Å². The average Bonchev–Trinajstić information content (AvgIpc) is 3.60. The van der Waals surface area contributed by atoms with Gasteiger partial charge < -0.3 is 15.0 Å². The van der Waals surface area contributed by atoms with Crippen molar-refractivity contribution in [1.29, 1.82) is 0 Å². The molecule has 2 aromatic heterocycles. The predicted octanol–water partition coefficient (Wildman–Crippen LogP) is 6.47. The second kappa shape index (κ2) is 13.1. The number of H-pyrrole nitrogens is 1. The standard InChI is InChI=1S/C28H32F6N6O4/c1-5-6-7-20(23(41)24(42)37-22-8-9-36-38-22)40(25(43)44)21(26(2,3)4)14-39-13-19(35-15-39)16-10-17(27(29,30)31)12-18(11-16)28(32,33)34/h8-13,15,20-21H,5-7,14H2,1-4H3,(H,43,44)(H2,36,37,38,42)/t20-,21+/m0/s1. The fourth-order valence-electron chi connectivity index (χ4n) is 4.63. The van der Waals surface area contributed by atoms with Crippen molar-refractivity contribution in [2.24, 2.45) is 5.41 Å². The molecule has 2 atom stereocenters. The number of carbonyl (C=O) groups excluding carboxylic acids is 2. The Labute approximate surface area is 248 Å². The lowest BCUT2D eigenvalue weighted by atomic mass is 9.84. The Morgan fingerprint density at radius 1 is 1.05 bits per heavy atom. The van der Waals surface area contributed by atoms with Crippen LogP contribution >= 0.6 is 0 Å². The molecule has 2 amide bonds. The molecule has 0 aliphatic rings. The number of rotatable bonds is 11. The molecule has 0 fully saturated rings. The number of aromatic nitrogens is 4. The van der Waals surface area contributed by atoms with Crippen LogP contribution in [0.2, 0.25) is 0 Å². The molecule has 3 N–H and O–H groups in total. The van der Waals surface area contributed by atoms with Crippen molar-refractivity contribution >= 4 is 23.6 Å². The number of carbonyl (C=O) groups is 3. The molecule has 0 bridgehead atoms. The lowest BCUT2D eigenvalue weighted by Crippen LogP contribution is -2.57. The van der Waals surface area contributed by atoms with E-state index in [-0.39, 0.29) is 30.5 Å². The van der Waals surface area contributed by atoms with Gasteiger partial charge in [0, 0.05) is 24.4 Å². The predicted molar refractivity (Wildman–Crippen MR) is 146 cm³/mol. The molecular formula is C28H32F6N6O4. The van der Waals surface area contributed by atoms with Crippen molar-refractivity contribution in [2.75, 3.05) is 5.32 Å². The van der Waals surface area contributed by atoms with Crippen LogP contribution in [-0.2, 0) is 28.5 Å². The minimum absolute atomic E-state index is 0.0107. The number of Topliss-reactive ketones (excluding diaryl/α,β-unsaturated/α-hetero) is 1. The molecule has 16 heteroatoms. The third-order valence-corrected chi connectivity index (χ3v) is 6.90. The Morgan fingerprint density at radius 3 is 2.14 bits per heavy atom. The molecule has 3 rings (SSSR count). The van der Waals surface area contributed by atoms with Gasteiger partial charge in [-0.15, -0.1) is 0 Å². The molecule has 2 heterocycles. The molecule has 0 saturated heterocycles. The van der Waals surface area contributed by atoms with Crippen LogP contribution in [-0.4, -0.2) is 59.6 Å². The summed E-state index contributed by atoms with van der Waals surface area (Å²) < 4.78 is 81.7. The largest absolute Gasteiger partial charge is 0.465 e. The summed E-state index contributed by atoms with van der Waals surface area (Å²) in [6.45, 7) is 6.72. The number of nitrogens with zero attached hydrogens (tertiary/aromatic N) is 4. The molecule has 1 aromatic carbocycles. The average molecular weight is 631 g/mol. The Kier molecular flexibility index (Phi) is 10.2. The molecule has 0 spiro atoms. The van der Waals surface area contributed by atoms with Gasteiger partial charge in [0.2, 0.25) is 5.78 Å². The molecule has 0 saturated carbocycles. The van der Waals surface area contributed by atoms with Crippen LogP contribution in [0.25, 0.3) is 11.3 Å². The zero-order chi connectivity index (χ0) is 33.0. The van der Waals surface area contributed by atoms with Gasteiger partial charge in [-0.3, -0.25) is 19.6 Å². The first kappa shape index (κ1) is 34.1. The number of amides is 2. The number of benzene rings is 1. The zero-order valence-corrected chi connectivity index (χ0v) is 24.3. The number of nitrogens with one attached hydrogen (secondary N) is 2. The number of halogens is 6. The van der Waals surface area contributed by atoms with Gasteiger partial charge in [0.1, 0.15) is 11.9 Å². The van der Waals surface area contributed by atoms with Crippen LogP contribution in [0.3, 0.4) is 0 Å².